The number of rotatable bonds is 8. The Hall–Kier alpha value is -2.78. The van der Waals surface area contributed by atoms with Crippen LogP contribution in [0.5, 0.6) is 0 Å². The summed E-state index contributed by atoms with van der Waals surface area (Å²) in [4.78, 5) is 32.0. The number of hydrogen-bond donors (Lipinski definition) is 2. The summed E-state index contributed by atoms with van der Waals surface area (Å²) in [5.74, 6) is -0.290. The van der Waals surface area contributed by atoms with Gasteiger partial charge in [-0.3, -0.25) is 9.59 Å². The minimum Gasteiger partial charge on any atom is -0.341 e. The second-order valence-corrected chi connectivity index (χ2v) is 10.7. The van der Waals surface area contributed by atoms with Crippen molar-refractivity contribution in [1.29, 1.82) is 0 Å². The summed E-state index contributed by atoms with van der Waals surface area (Å²) in [6.45, 7) is 6.51. The highest BCUT2D eigenvalue weighted by atomic mass is 32.2. The maximum Gasteiger partial charge on any atom is 0.241 e. The van der Waals surface area contributed by atoms with Gasteiger partial charge in [-0.2, -0.15) is 4.72 Å². The maximum atomic E-state index is 13.4. The molecule has 0 saturated carbocycles. The van der Waals surface area contributed by atoms with E-state index in [1.165, 1.54) is 12.1 Å². The first-order valence-electron chi connectivity index (χ1n) is 11.3. The van der Waals surface area contributed by atoms with E-state index >= 15 is 0 Å². The van der Waals surface area contributed by atoms with Crippen molar-refractivity contribution in [3.8, 4) is 0 Å². The van der Waals surface area contributed by atoms with Gasteiger partial charge in [0.05, 0.1) is 10.8 Å². The van der Waals surface area contributed by atoms with Crippen molar-refractivity contribution in [2.24, 2.45) is 11.8 Å². The Kier molecular flexibility index (Phi) is 8.20. The van der Waals surface area contributed by atoms with Gasteiger partial charge in [-0.25, -0.2) is 13.4 Å². The molecule has 1 aliphatic heterocycles. The zero-order chi connectivity index (χ0) is 24.0. The number of pyridine rings is 1. The molecule has 2 aromatic rings. The second kappa shape index (κ2) is 10.9. The van der Waals surface area contributed by atoms with Crippen molar-refractivity contribution >= 4 is 27.7 Å². The summed E-state index contributed by atoms with van der Waals surface area (Å²) in [7, 11) is -3.86. The highest BCUT2D eigenvalue weighted by Crippen LogP contribution is 2.21. The molecule has 1 fully saturated rings. The fraction of sp³-hybridized carbons (Fsp3) is 0.458. The number of nitrogens with one attached hydrogen (secondary N) is 2. The molecule has 1 aromatic carbocycles. The molecule has 0 spiro atoms. The Morgan fingerprint density at radius 1 is 1.15 bits per heavy atom. The van der Waals surface area contributed by atoms with Crippen LogP contribution in [0.3, 0.4) is 0 Å². The number of aromatic nitrogens is 1. The average Bonchev–Trinajstić information content (AvgIpc) is 2.78. The van der Waals surface area contributed by atoms with E-state index in [1.807, 2.05) is 20.8 Å². The molecule has 1 saturated heterocycles. The molecule has 1 aromatic heterocycles. The molecular weight excluding hydrogens is 440 g/mol. The van der Waals surface area contributed by atoms with Crippen molar-refractivity contribution < 1.29 is 18.0 Å². The number of piperidine rings is 1. The van der Waals surface area contributed by atoms with Crippen molar-refractivity contribution in [3.05, 3.63) is 54.2 Å². The first-order valence-corrected chi connectivity index (χ1v) is 12.7. The van der Waals surface area contributed by atoms with E-state index in [-0.39, 0.29) is 35.1 Å². The van der Waals surface area contributed by atoms with Crippen LogP contribution < -0.4 is 10.0 Å². The number of benzene rings is 1. The van der Waals surface area contributed by atoms with Crippen LogP contribution in [0, 0.1) is 18.8 Å². The van der Waals surface area contributed by atoms with E-state index in [9.17, 15) is 18.0 Å². The van der Waals surface area contributed by atoms with Crippen LogP contribution in [0.25, 0.3) is 0 Å². The number of amides is 2. The molecule has 2 amide bonds. The molecule has 1 aliphatic rings. The van der Waals surface area contributed by atoms with Crippen molar-refractivity contribution in [3.63, 3.8) is 0 Å². The van der Waals surface area contributed by atoms with Gasteiger partial charge in [0, 0.05) is 19.3 Å². The Balaban J connectivity index is 1.71. The average molecular weight is 473 g/mol. The van der Waals surface area contributed by atoms with E-state index in [1.54, 1.807) is 41.4 Å². The van der Waals surface area contributed by atoms with Crippen LogP contribution >= 0.6 is 0 Å². The van der Waals surface area contributed by atoms with Gasteiger partial charge >= 0.3 is 0 Å². The lowest BCUT2D eigenvalue weighted by molar-refractivity contribution is -0.136. The summed E-state index contributed by atoms with van der Waals surface area (Å²) in [6, 6.07) is 10.9. The molecule has 2 heterocycles. The third-order valence-corrected chi connectivity index (χ3v) is 7.14. The number of aryl methyl sites for hydroxylation is 1. The van der Waals surface area contributed by atoms with E-state index < -0.39 is 16.1 Å². The lowest BCUT2D eigenvalue weighted by Crippen LogP contribution is -2.52. The summed E-state index contributed by atoms with van der Waals surface area (Å²) in [6.07, 6.45) is 3.30. The Morgan fingerprint density at radius 2 is 1.88 bits per heavy atom. The maximum absolute atomic E-state index is 13.4. The summed E-state index contributed by atoms with van der Waals surface area (Å²) >= 11 is 0. The first kappa shape index (κ1) is 24.9. The van der Waals surface area contributed by atoms with Crippen molar-refractivity contribution in [2.45, 2.75) is 51.0 Å². The van der Waals surface area contributed by atoms with Gasteiger partial charge in [0.15, 0.2) is 0 Å². The molecule has 0 radical (unpaired) electrons. The SMILES string of the molecule is Cc1ccc(S(=O)(=O)NC(CC(C)C)C(=O)N2CCCC(C(=O)Nc3ccccn3)C2)cc1. The summed E-state index contributed by atoms with van der Waals surface area (Å²) in [5, 5.41) is 2.80. The first-order chi connectivity index (χ1) is 15.7. The number of likely N-dealkylation sites (tertiary alicyclic amines) is 1. The lowest BCUT2D eigenvalue weighted by atomic mass is 9.95. The van der Waals surface area contributed by atoms with Crippen LogP contribution in [0.15, 0.2) is 53.6 Å². The predicted octanol–water partition coefficient (Wildman–Crippen LogP) is 2.96. The fourth-order valence-electron chi connectivity index (χ4n) is 3.92. The van der Waals surface area contributed by atoms with Gasteiger partial charge in [0.2, 0.25) is 21.8 Å². The molecule has 3 rings (SSSR count). The molecule has 8 nitrogen and oxygen atoms in total. The molecule has 2 atom stereocenters. The molecule has 0 bridgehead atoms. The highest BCUT2D eigenvalue weighted by Gasteiger charge is 2.34. The van der Waals surface area contributed by atoms with Gasteiger partial charge in [0.25, 0.3) is 0 Å². The molecule has 9 heteroatoms. The van der Waals surface area contributed by atoms with E-state index in [4.69, 9.17) is 0 Å². The molecule has 2 unspecified atom stereocenters. The summed E-state index contributed by atoms with van der Waals surface area (Å²) < 4.78 is 28.5. The zero-order valence-corrected chi connectivity index (χ0v) is 20.1. The molecular formula is C24H32N4O4S. The second-order valence-electron chi connectivity index (χ2n) is 8.94. The quantitative estimate of drug-likeness (QED) is 0.614. The van der Waals surface area contributed by atoms with Gasteiger partial charge in [-0.05, 0) is 56.4 Å². The third kappa shape index (κ3) is 6.85. The van der Waals surface area contributed by atoms with Crippen LogP contribution in [-0.2, 0) is 19.6 Å². The molecule has 2 N–H and O–H groups in total. The van der Waals surface area contributed by atoms with Crippen LogP contribution in [0.4, 0.5) is 5.82 Å². The molecule has 0 aliphatic carbocycles. The molecule has 178 valence electrons. The fourth-order valence-corrected chi connectivity index (χ4v) is 5.12. The van der Waals surface area contributed by atoms with E-state index in [2.05, 4.69) is 15.0 Å². The lowest BCUT2D eigenvalue weighted by Gasteiger charge is -2.34. The largest absolute Gasteiger partial charge is 0.341 e. The van der Waals surface area contributed by atoms with Crippen LogP contribution in [0.1, 0.15) is 38.7 Å². The van der Waals surface area contributed by atoms with Crippen LogP contribution in [-0.4, -0.2) is 49.2 Å². The zero-order valence-electron chi connectivity index (χ0n) is 19.3. The summed E-state index contributed by atoms with van der Waals surface area (Å²) in [5.41, 5.74) is 0.951. The number of sulfonamides is 1. The van der Waals surface area contributed by atoms with E-state index in [0.29, 0.717) is 31.6 Å². The van der Waals surface area contributed by atoms with Gasteiger partial charge in [0.1, 0.15) is 11.9 Å². The standard InChI is InChI=1S/C24H32N4O4S/c1-17(2)15-21(27-33(31,32)20-11-9-18(3)10-12-20)24(30)28-14-6-7-19(16-28)23(29)26-22-8-4-5-13-25-22/h4-5,8-13,17,19,21,27H,6-7,14-16H2,1-3H3,(H,25,26,29). The van der Waals surface area contributed by atoms with E-state index in [0.717, 1.165) is 5.56 Å². The highest BCUT2D eigenvalue weighted by molar-refractivity contribution is 7.89. The number of carbonyl (C=O) groups excluding carboxylic acids is 2. The van der Waals surface area contributed by atoms with Crippen molar-refractivity contribution in [2.75, 3.05) is 18.4 Å². The Labute approximate surface area is 195 Å². The number of carbonyl (C=O) groups is 2. The Bertz CT molecular complexity index is 1060. The smallest absolute Gasteiger partial charge is 0.241 e. The van der Waals surface area contributed by atoms with Gasteiger partial charge < -0.3 is 10.2 Å². The normalized spacial score (nSPS) is 17.6. The number of anilines is 1. The minimum atomic E-state index is -3.86. The monoisotopic (exact) mass is 472 g/mol. The molecule has 33 heavy (non-hydrogen) atoms. The van der Waals surface area contributed by atoms with Crippen molar-refractivity contribution in [1.82, 2.24) is 14.6 Å². The third-order valence-electron chi connectivity index (χ3n) is 5.65. The topological polar surface area (TPSA) is 108 Å². The number of hydrogen-bond acceptors (Lipinski definition) is 5. The Morgan fingerprint density at radius 3 is 2.52 bits per heavy atom. The minimum absolute atomic E-state index is 0.104. The van der Waals surface area contributed by atoms with Gasteiger partial charge in [-0.1, -0.05) is 37.6 Å². The predicted molar refractivity (Wildman–Crippen MR) is 127 cm³/mol. The van der Waals surface area contributed by atoms with Gasteiger partial charge in [-0.15, -0.1) is 0 Å². The van der Waals surface area contributed by atoms with Crippen LogP contribution in [0.2, 0.25) is 0 Å². The number of nitrogens with zero attached hydrogens (tertiary/aromatic N) is 2.